The van der Waals surface area contributed by atoms with Gasteiger partial charge in [0.1, 0.15) is 22.3 Å². The molecule has 8 nitrogen and oxygen atoms in total. The van der Waals surface area contributed by atoms with E-state index >= 15 is 0 Å². The van der Waals surface area contributed by atoms with E-state index in [1.807, 2.05) is 38.1 Å². The predicted octanol–water partition coefficient (Wildman–Crippen LogP) is 4.03. The molecule has 2 aromatic heterocycles. The van der Waals surface area contributed by atoms with Gasteiger partial charge in [-0.3, -0.25) is 4.72 Å². The van der Waals surface area contributed by atoms with E-state index < -0.39 is 10.0 Å². The van der Waals surface area contributed by atoms with Crippen LogP contribution in [-0.2, 0) is 10.0 Å². The highest BCUT2D eigenvalue weighted by atomic mass is 32.2. The highest BCUT2D eigenvalue weighted by Gasteiger charge is 2.25. The van der Waals surface area contributed by atoms with Gasteiger partial charge in [0.15, 0.2) is 11.6 Å². The molecule has 162 valence electrons. The first-order chi connectivity index (χ1) is 15.2. The summed E-state index contributed by atoms with van der Waals surface area (Å²) < 4.78 is 35.6. The van der Waals surface area contributed by atoms with Gasteiger partial charge in [-0.05, 0) is 55.7 Å². The molecule has 0 spiro atoms. The SMILES string of the molecule is COc1ccc(C)cc1S(=O)(=O)Nc1c(C#N)cnn1-c1cc(C)c2cccc(C)c2n1. The Bertz CT molecular complexity index is 1500. The van der Waals surface area contributed by atoms with Crippen molar-refractivity contribution in [2.24, 2.45) is 0 Å². The van der Waals surface area contributed by atoms with Crippen molar-refractivity contribution in [3.63, 3.8) is 0 Å². The monoisotopic (exact) mass is 447 g/mol. The fourth-order valence-electron chi connectivity index (χ4n) is 3.53. The van der Waals surface area contributed by atoms with Gasteiger partial charge in [-0.2, -0.15) is 15.0 Å². The summed E-state index contributed by atoms with van der Waals surface area (Å²) in [7, 11) is -2.69. The van der Waals surface area contributed by atoms with E-state index in [1.165, 1.54) is 24.1 Å². The van der Waals surface area contributed by atoms with Crippen LogP contribution in [0.1, 0.15) is 22.3 Å². The maximum atomic E-state index is 13.3. The van der Waals surface area contributed by atoms with Crippen molar-refractivity contribution in [1.29, 1.82) is 5.26 Å². The lowest BCUT2D eigenvalue weighted by molar-refractivity contribution is 0.402. The number of rotatable bonds is 5. The largest absolute Gasteiger partial charge is 0.495 e. The number of benzene rings is 2. The number of para-hydroxylation sites is 1. The number of anilines is 1. The van der Waals surface area contributed by atoms with Gasteiger partial charge in [0.2, 0.25) is 0 Å². The number of aromatic nitrogens is 3. The number of sulfonamides is 1. The van der Waals surface area contributed by atoms with Gasteiger partial charge in [-0.25, -0.2) is 13.4 Å². The van der Waals surface area contributed by atoms with Crippen molar-refractivity contribution in [2.75, 3.05) is 11.8 Å². The molecule has 32 heavy (non-hydrogen) atoms. The Hall–Kier alpha value is -3.90. The lowest BCUT2D eigenvalue weighted by atomic mass is 10.1. The van der Waals surface area contributed by atoms with Crippen LogP contribution >= 0.6 is 0 Å². The fraction of sp³-hybridized carbons (Fsp3) is 0.174. The van der Waals surface area contributed by atoms with Gasteiger partial charge >= 0.3 is 0 Å². The molecule has 0 aliphatic carbocycles. The summed E-state index contributed by atoms with van der Waals surface area (Å²) in [5.41, 5.74) is 3.54. The van der Waals surface area contributed by atoms with E-state index in [0.717, 1.165) is 27.6 Å². The Morgan fingerprint density at radius 1 is 1.09 bits per heavy atom. The summed E-state index contributed by atoms with van der Waals surface area (Å²) in [6, 6.07) is 14.5. The number of aryl methyl sites for hydroxylation is 3. The third-order valence-corrected chi connectivity index (χ3v) is 6.54. The van der Waals surface area contributed by atoms with Crippen LogP contribution in [0, 0.1) is 32.1 Å². The molecule has 4 aromatic rings. The topological polar surface area (TPSA) is 110 Å². The minimum absolute atomic E-state index is 0.0101. The zero-order chi connectivity index (χ0) is 23.0. The number of fused-ring (bicyclic) bond motifs is 1. The molecule has 0 fully saturated rings. The molecule has 0 saturated heterocycles. The van der Waals surface area contributed by atoms with Crippen LogP contribution in [0.4, 0.5) is 5.82 Å². The molecule has 0 unspecified atom stereocenters. The second kappa shape index (κ2) is 7.98. The van der Waals surface area contributed by atoms with Gasteiger partial charge in [-0.1, -0.05) is 24.3 Å². The van der Waals surface area contributed by atoms with E-state index in [2.05, 4.69) is 9.82 Å². The molecule has 4 rings (SSSR count). The third-order valence-electron chi connectivity index (χ3n) is 5.18. The average Bonchev–Trinajstić information content (AvgIpc) is 3.16. The number of nitrogens with zero attached hydrogens (tertiary/aromatic N) is 4. The molecule has 0 saturated carbocycles. The minimum Gasteiger partial charge on any atom is -0.495 e. The molecule has 0 radical (unpaired) electrons. The molecule has 0 aliphatic heterocycles. The number of hydrogen-bond acceptors (Lipinski definition) is 6. The predicted molar refractivity (Wildman–Crippen MR) is 122 cm³/mol. The van der Waals surface area contributed by atoms with Crippen molar-refractivity contribution in [2.45, 2.75) is 25.7 Å². The van der Waals surface area contributed by atoms with Crippen molar-refractivity contribution in [3.8, 4) is 17.6 Å². The molecule has 2 aromatic carbocycles. The Labute approximate surface area is 186 Å². The normalized spacial score (nSPS) is 11.3. The van der Waals surface area contributed by atoms with E-state index in [0.29, 0.717) is 5.82 Å². The van der Waals surface area contributed by atoms with Crippen molar-refractivity contribution >= 4 is 26.7 Å². The zero-order valence-corrected chi connectivity index (χ0v) is 18.9. The maximum absolute atomic E-state index is 13.3. The maximum Gasteiger partial charge on any atom is 0.266 e. The Kier molecular flexibility index (Phi) is 5.32. The minimum atomic E-state index is -4.09. The van der Waals surface area contributed by atoms with Gasteiger partial charge in [0, 0.05) is 5.39 Å². The third kappa shape index (κ3) is 3.65. The van der Waals surface area contributed by atoms with E-state index in [-0.39, 0.29) is 22.0 Å². The van der Waals surface area contributed by atoms with Crippen molar-refractivity contribution < 1.29 is 13.2 Å². The van der Waals surface area contributed by atoms with Crippen LogP contribution < -0.4 is 9.46 Å². The first-order valence-corrected chi connectivity index (χ1v) is 11.3. The highest BCUT2D eigenvalue weighted by molar-refractivity contribution is 7.92. The molecule has 0 amide bonds. The summed E-state index contributed by atoms with van der Waals surface area (Å²) in [4.78, 5) is 4.66. The molecule has 1 N–H and O–H groups in total. The summed E-state index contributed by atoms with van der Waals surface area (Å²) in [5, 5.41) is 14.8. The van der Waals surface area contributed by atoms with Crippen molar-refractivity contribution in [1.82, 2.24) is 14.8 Å². The summed E-state index contributed by atoms with van der Waals surface area (Å²) in [6.07, 6.45) is 1.31. The molecule has 2 heterocycles. The van der Waals surface area contributed by atoms with Crippen LogP contribution in [0.25, 0.3) is 16.7 Å². The van der Waals surface area contributed by atoms with Crippen LogP contribution in [-0.4, -0.2) is 30.3 Å². The standard InChI is InChI=1S/C23H21N5O3S/c1-14-8-9-19(31-4)20(10-14)32(29,30)27-23-17(12-24)13-25-28(23)21-11-16(3)18-7-5-6-15(2)22(18)26-21/h5-11,13,27H,1-4H3. The molecular weight excluding hydrogens is 426 g/mol. The first-order valence-electron chi connectivity index (χ1n) is 9.78. The van der Waals surface area contributed by atoms with E-state index in [4.69, 9.17) is 9.72 Å². The van der Waals surface area contributed by atoms with Crippen LogP contribution in [0.2, 0.25) is 0 Å². The smallest absolute Gasteiger partial charge is 0.266 e. The second-order valence-corrected chi connectivity index (χ2v) is 9.11. The second-order valence-electron chi connectivity index (χ2n) is 7.46. The number of nitrogens with one attached hydrogen (secondary N) is 1. The fourth-order valence-corrected chi connectivity index (χ4v) is 4.85. The molecule has 0 bridgehead atoms. The van der Waals surface area contributed by atoms with Crippen LogP contribution in [0.15, 0.2) is 53.6 Å². The van der Waals surface area contributed by atoms with Crippen LogP contribution in [0.3, 0.4) is 0 Å². The number of pyridine rings is 1. The van der Waals surface area contributed by atoms with Gasteiger partial charge in [0.05, 0.1) is 18.8 Å². The Balaban J connectivity index is 1.88. The Morgan fingerprint density at radius 2 is 1.88 bits per heavy atom. The quantitative estimate of drug-likeness (QED) is 0.495. The number of methoxy groups -OCH3 is 1. The number of nitriles is 1. The van der Waals surface area contributed by atoms with E-state index in [1.54, 1.807) is 25.1 Å². The van der Waals surface area contributed by atoms with Gasteiger partial charge in [-0.15, -0.1) is 0 Å². The Morgan fingerprint density at radius 3 is 2.59 bits per heavy atom. The summed E-state index contributed by atoms with van der Waals surface area (Å²) in [5.74, 6) is 0.610. The lowest BCUT2D eigenvalue weighted by Crippen LogP contribution is -2.18. The number of ether oxygens (including phenoxy) is 1. The first kappa shape index (κ1) is 21.3. The number of hydrogen-bond donors (Lipinski definition) is 1. The van der Waals surface area contributed by atoms with Crippen molar-refractivity contribution in [3.05, 3.63) is 70.9 Å². The van der Waals surface area contributed by atoms with Gasteiger partial charge in [0.25, 0.3) is 10.0 Å². The highest BCUT2D eigenvalue weighted by Crippen LogP contribution is 2.30. The average molecular weight is 448 g/mol. The molecule has 9 heteroatoms. The molecule has 0 atom stereocenters. The molecular formula is C23H21N5O3S. The lowest BCUT2D eigenvalue weighted by Gasteiger charge is -2.14. The van der Waals surface area contributed by atoms with Gasteiger partial charge < -0.3 is 4.74 Å². The van der Waals surface area contributed by atoms with Crippen LogP contribution in [0.5, 0.6) is 5.75 Å². The summed E-state index contributed by atoms with van der Waals surface area (Å²) >= 11 is 0. The zero-order valence-electron chi connectivity index (χ0n) is 18.0. The summed E-state index contributed by atoms with van der Waals surface area (Å²) in [6.45, 7) is 5.69. The molecule has 0 aliphatic rings. The van der Waals surface area contributed by atoms with E-state index in [9.17, 15) is 13.7 Å².